The van der Waals surface area contributed by atoms with Gasteiger partial charge in [-0.05, 0) is 17.0 Å². The first-order valence-electron chi connectivity index (χ1n) is 6.45. The van der Waals surface area contributed by atoms with Crippen LogP contribution in [-0.2, 0) is 27.3 Å². The molecule has 0 radical (unpaired) electrons. The Balaban J connectivity index is 2.63. The van der Waals surface area contributed by atoms with Gasteiger partial charge >= 0.3 is 5.97 Å². The van der Waals surface area contributed by atoms with Crippen molar-refractivity contribution < 1.29 is 14.3 Å². The highest BCUT2D eigenvalue weighted by Crippen LogP contribution is 2.15. The van der Waals surface area contributed by atoms with Crippen LogP contribution in [0.1, 0.15) is 25.0 Å². The van der Waals surface area contributed by atoms with Crippen molar-refractivity contribution >= 4 is 5.97 Å². The number of hydrogen-bond donors (Lipinski definition) is 0. The van der Waals surface area contributed by atoms with E-state index in [4.69, 9.17) is 9.47 Å². The third-order valence-corrected chi connectivity index (χ3v) is 2.66. The maximum Gasteiger partial charge on any atom is 0.333 e. The molecule has 1 aromatic carbocycles. The second-order valence-electron chi connectivity index (χ2n) is 4.97. The van der Waals surface area contributed by atoms with Crippen LogP contribution in [0.15, 0.2) is 36.4 Å². The highest BCUT2D eigenvalue weighted by molar-refractivity contribution is 5.88. The van der Waals surface area contributed by atoms with Gasteiger partial charge in [0.1, 0.15) is 0 Å². The van der Waals surface area contributed by atoms with E-state index in [0.717, 1.165) is 11.1 Å². The number of methoxy groups -OCH3 is 1. The molecule has 3 nitrogen and oxygen atoms in total. The summed E-state index contributed by atoms with van der Waals surface area (Å²) in [4.78, 5) is 11.8. The number of carbonyl (C=O) groups excluding carboxylic acids is 1. The van der Waals surface area contributed by atoms with E-state index in [1.54, 1.807) is 7.11 Å². The standard InChI is InChI=1S/C16H22O3/c1-12(2)10-19-16(17)13(3)9-14-7-5-6-8-15(14)11-18-4/h5-8,12H,3,9-11H2,1-2,4H3. The van der Waals surface area contributed by atoms with Crippen LogP contribution in [0.5, 0.6) is 0 Å². The van der Waals surface area contributed by atoms with Crippen LogP contribution in [0.2, 0.25) is 0 Å². The Morgan fingerprint density at radius 3 is 2.47 bits per heavy atom. The first-order chi connectivity index (χ1) is 9.04. The lowest BCUT2D eigenvalue weighted by Gasteiger charge is -2.11. The first-order valence-corrected chi connectivity index (χ1v) is 6.45. The number of rotatable bonds is 7. The molecule has 0 spiro atoms. The van der Waals surface area contributed by atoms with Crippen LogP contribution in [-0.4, -0.2) is 19.7 Å². The fourth-order valence-corrected chi connectivity index (χ4v) is 1.67. The molecule has 0 saturated carbocycles. The van der Waals surface area contributed by atoms with E-state index < -0.39 is 0 Å². The maximum absolute atomic E-state index is 11.8. The second kappa shape index (κ2) is 7.74. The summed E-state index contributed by atoms with van der Waals surface area (Å²) in [5.74, 6) is 0.0125. The molecule has 0 amide bonds. The first kappa shape index (κ1) is 15.4. The summed E-state index contributed by atoms with van der Waals surface area (Å²) in [5, 5.41) is 0. The molecule has 0 N–H and O–H groups in total. The van der Waals surface area contributed by atoms with Gasteiger partial charge in [-0.2, -0.15) is 0 Å². The lowest BCUT2D eigenvalue weighted by molar-refractivity contribution is -0.140. The molecule has 0 bridgehead atoms. The smallest absolute Gasteiger partial charge is 0.333 e. The molecule has 1 aromatic rings. The zero-order chi connectivity index (χ0) is 14.3. The molecule has 19 heavy (non-hydrogen) atoms. The fraction of sp³-hybridized carbons (Fsp3) is 0.438. The van der Waals surface area contributed by atoms with E-state index in [1.807, 2.05) is 38.1 Å². The molecule has 0 atom stereocenters. The number of hydrogen-bond acceptors (Lipinski definition) is 3. The molecule has 3 heteroatoms. The fourth-order valence-electron chi connectivity index (χ4n) is 1.67. The Labute approximate surface area is 115 Å². The van der Waals surface area contributed by atoms with Gasteiger partial charge in [-0.25, -0.2) is 4.79 Å². The van der Waals surface area contributed by atoms with Gasteiger partial charge in [-0.1, -0.05) is 44.7 Å². The van der Waals surface area contributed by atoms with Crippen LogP contribution in [0.25, 0.3) is 0 Å². The van der Waals surface area contributed by atoms with Crippen molar-refractivity contribution in [3.8, 4) is 0 Å². The number of esters is 1. The van der Waals surface area contributed by atoms with E-state index >= 15 is 0 Å². The van der Waals surface area contributed by atoms with Crippen LogP contribution >= 0.6 is 0 Å². The Kier molecular flexibility index (Phi) is 6.30. The minimum Gasteiger partial charge on any atom is -0.462 e. The van der Waals surface area contributed by atoms with Crippen LogP contribution in [0, 0.1) is 5.92 Å². The van der Waals surface area contributed by atoms with Gasteiger partial charge < -0.3 is 9.47 Å². The van der Waals surface area contributed by atoms with E-state index in [1.165, 1.54) is 0 Å². The van der Waals surface area contributed by atoms with Crippen molar-refractivity contribution in [3.63, 3.8) is 0 Å². The van der Waals surface area contributed by atoms with Crippen LogP contribution in [0.3, 0.4) is 0 Å². The highest BCUT2D eigenvalue weighted by Gasteiger charge is 2.12. The molecule has 0 unspecified atom stereocenters. The largest absolute Gasteiger partial charge is 0.462 e. The summed E-state index contributed by atoms with van der Waals surface area (Å²) in [6.07, 6.45) is 0.496. The topological polar surface area (TPSA) is 35.5 Å². The van der Waals surface area contributed by atoms with Gasteiger partial charge in [0.25, 0.3) is 0 Å². The quantitative estimate of drug-likeness (QED) is 0.559. The summed E-state index contributed by atoms with van der Waals surface area (Å²) >= 11 is 0. The lowest BCUT2D eigenvalue weighted by Crippen LogP contribution is -2.13. The van der Waals surface area contributed by atoms with Gasteiger partial charge in [0.2, 0.25) is 0 Å². The average molecular weight is 262 g/mol. The Morgan fingerprint density at radius 2 is 1.89 bits per heavy atom. The summed E-state index contributed by atoms with van der Waals surface area (Å²) in [5.41, 5.74) is 2.60. The minimum atomic E-state index is -0.319. The van der Waals surface area contributed by atoms with Gasteiger partial charge in [-0.15, -0.1) is 0 Å². The summed E-state index contributed by atoms with van der Waals surface area (Å²) < 4.78 is 10.3. The zero-order valence-corrected chi connectivity index (χ0v) is 11.9. The molecule has 0 saturated heterocycles. The van der Waals surface area contributed by atoms with E-state index in [0.29, 0.717) is 31.1 Å². The minimum absolute atomic E-state index is 0.319. The molecule has 0 heterocycles. The Bertz CT molecular complexity index is 435. The average Bonchev–Trinajstić information content (AvgIpc) is 2.38. The van der Waals surface area contributed by atoms with Gasteiger partial charge in [-0.3, -0.25) is 0 Å². The predicted octanol–water partition coefficient (Wildman–Crippen LogP) is 3.13. The SMILES string of the molecule is C=C(Cc1ccccc1COC)C(=O)OCC(C)C. The Morgan fingerprint density at radius 1 is 1.26 bits per heavy atom. The molecule has 1 rings (SSSR count). The van der Waals surface area contributed by atoms with Gasteiger partial charge in [0.05, 0.1) is 13.2 Å². The molecule has 0 aliphatic rings. The third-order valence-electron chi connectivity index (χ3n) is 2.66. The number of benzene rings is 1. The monoisotopic (exact) mass is 262 g/mol. The van der Waals surface area contributed by atoms with Crippen molar-refractivity contribution in [3.05, 3.63) is 47.5 Å². The Hall–Kier alpha value is -1.61. The van der Waals surface area contributed by atoms with Crippen molar-refractivity contribution in [1.29, 1.82) is 0 Å². The third kappa shape index (κ3) is 5.26. The summed E-state index contributed by atoms with van der Waals surface area (Å²) in [6, 6.07) is 7.87. The van der Waals surface area contributed by atoms with E-state index in [9.17, 15) is 4.79 Å². The van der Waals surface area contributed by atoms with E-state index in [-0.39, 0.29) is 5.97 Å². The summed E-state index contributed by atoms with van der Waals surface area (Å²) in [7, 11) is 1.66. The predicted molar refractivity (Wildman–Crippen MR) is 75.8 cm³/mol. The van der Waals surface area contributed by atoms with Gasteiger partial charge in [0.15, 0.2) is 0 Å². The maximum atomic E-state index is 11.8. The molecule has 0 aliphatic carbocycles. The van der Waals surface area contributed by atoms with Crippen molar-refractivity contribution in [2.45, 2.75) is 26.9 Å². The highest BCUT2D eigenvalue weighted by atomic mass is 16.5. The normalized spacial score (nSPS) is 10.5. The van der Waals surface area contributed by atoms with Crippen LogP contribution < -0.4 is 0 Å². The zero-order valence-electron chi connectivity index (χ0n) is 11.9. The lowest BCUT2D eigenvalue weighted by atomic mass is 10.0. The van der Waals surface area contributed by atoms with E-state index in [2.05, 4.69) is 6.58 Å². The van der Waals surface area contributed by atoms with Crippen molar-refractivity contribution in [1.82, 2.24) is 0 Å². The molecule has 104 valence electrons. The second-order valence-corrected chi connectivity index (χ2v) is 4.97. The van der Waals surface area contributed by atoms with Crippen molar-refractivity contribution in [2.75, 3.05) is 13.7 Å². The van der Waals surface area contributed by atoms with Crippen molar-refractivity contribution in [2.24, 2.45) is 5.92 Å². The number of ether oxygens (including phenoxy) is 2. The molecule has 0 aromatic heterocycles. The van der Waals surface area contributed by atoms with Gasteiger partial charge in [0, 0.05) is 19.1 Å². The van der Waals surface area contributed by atoms with Crippen LogP contribution in [0.4, 0.5) is 0 Å². The molecule has 0 fully saturated rings. The molecular formula is C16H22O3. The summed E-state index contributed by atoms with van der Waals surface area (Å²) in [6.45, 7) is 8.78. The molecule has 0 aliphatic heterocycles. The number of carbonyl (C=O) groups is 1. The molecular weight excluding hydrogens is 240 g/mol.